The molecular formula is C17H30N2O+2. The van der Waals surface area contributed by atoms with Crippen molar-refractivity contribution in [2.24, 2.45) is 0 Å². The number of rotatable bonds is 0. The van der Waals surface area contributed by atoms with Gasteiger partial charge in [0.2, 0.25) is 5.78 Å². The number of quaternary nitrogens is 2. The van der Waals surface area contributed by atoms with E-state index in [1.54, 1.807) is 0 Å². The molecule has 0 amide bonds. The molecule has 0 aromatic rings. The second kappa shape index (κ2) is 4.81. The van der Waals surface area contributed by atoms with Crippen LogP contribution in [0, 0.1) is 0 Å². The first-order chi connectivity index (χ1) is 9.74. The monoisotopic (exact) mass is 278 g/mol. The van der Waals surface area contributed by atoms with E-state index in [0.29, 0.717) is 5.78 Å². The Labute approximate surface area is 123 Å². The Bertz CT molecular complexity index is 358. The van der Waals surface area contributed by atoms with Gasteiger partial charge in [0, 0.05) is 38.5 Å². The molecule has 0 radical (unpaired) electrons. The van der Waals surface area contributed by atoms with Crippen molar-refractivity contribution in [1.29, 1.82) is 0 Å². The van der Waals surface area contributed by atoms with Crippen molar-refractivity contribution in [3.05, 3.63) is 0 Å². The summed E-state index contributed by atoms with van der Waals surface area (Å²) >= 11 is 0. The average molecular weight is 278 g/mol. The molecule has 4 fully saturated rings. The van der Waals surface area contributed by atoms with Gasteiger partial charge in [0.25, 0.3) is 0 Å². The summed E-state index contributed by atoms with van der Waals surface area (Å²) < 4.78 is 2.40. The second-order valence-electron chi connectivity index (χ2n) is 8.02. The zero-order valence-electron chi connectivity index (χ0n) is 12.9. The molecule has 112 valence electrons. The van der Waals surface area contributed by atoms with Gasteiger partial charge in [-0.3, -0.25) is 4.79 Å². The van der Waals surface area contributed by atoms with Crippen molar-refractivity contribution >= 4 is 5.78 Å². The fraction of sp³-hybridized carbons (Fsp3) is 0.941. The van der Waals surface area contributed by atoms with E-state index in [9.17, 15) is 4.79 Å². The summed E-state index contributed by atoms with van der Waals surface area (Å²) in [6.45, 7) is 6.95. The number of hydrogen-bond donors (Lipinski definition) is 0. The maximum absolute atomic E-state index is 12.7. The summed E-state index contributed by atoms with van der Waals surface area (Å²) in [6.07, 6.45) is 11.1. The summed E-state index contributed by atoms with van der Waals surface area (Å²) in [7, 11) is 0. The van der Waals surface area contributed by atoms with Gasteiger partial charge in [0.05, 0.1) is 26.2 Å². The van der Waals surface area contributed by atoms with Gasteiger partial charge in [-0.15, -0.1) is 0 Å². The number of nitrogens with zero attached hydrogens (tertiary/aromatic N) is 2. The minimum atomic E-state index is 0.586. The molecule has 4 aliphatic rings. The first kappa shape index (κ1) is 13.3. The molecule has 0 bridgehead atoms. The van der Waals surface area contributed by atoms with Crippen molar-refractivity contribution in [2.45, 2.75) is 63.5 Å². The summed E-state index contributed by atoms with van der Waals surface area (Å²) in [5.41, 5.74) is 0. The van der Waals surface area contributed by atoms with Crippen molar-refractivity contribution < 1.29 is 13.8 Å². The highest BCUT2D eigenvalue weighted by molar-refractivity contribution is 5.81. The molecule has 3 aliphatic heterocycles. The molecule has 3 heterocycles. The van der Waals surface area contributed by atoms with Gasteiger partial charge in [-0.2, -0.15) is 0 Å². The molecule has 20 heavy (non-hydrogen) atoms. The van der Waals surface area contributed by atoms with Gasteiger partial charge < -0.3 is 8.97 Å². The number of hydrogen-bond acceptors (Lipinski definition) is 1. The second-order valence-corrected chi connectivity index (χ2v) is 8.02. The van der Waals surface area contributed by atoms with E-state index >= 15 is 0 Å². The number of carbonyl (C=O) groups excluding carboxylic acids is 1. The van der Waals surface area contributed by atoms with Crippen LogP contribution in [0.15, 0.2) is 0 Å². The number of fused-ring (bicyclic) bond motifs is 3. The van der Waals surface area contributed by atoms with Crippen LogP contribution in [0.3, 0.4) is 0 Å². The van der Waals surface area contributed by atoms with Crippen molar-refractivity contribution in [2.75, 3.05) is 39.3 Å². The molecule has 4 rings (SSSR count). The van der Waals surface area contributed by atoms with Crippen molar-refractivity contribution in [1.82, 2.24) is 0 Å². The smallest absolute Gasteiger partial charge is 0.240 e. The van der Waals surface area contributed by atoms with Crippen LogP contribution in [0.5, 0.6) is 0 Å². The molecule has 3 saturated heterocycles. The molecule has 1 saturated carbocycles. The lowest BCUT2D eigenvalue weighted by Crippen LogP contribution is -2.65. The quantitative estimate of drug-likeness (QED) is 0.620. The van der Waals surface area contributed by atoms with Crippen LogP contribution in [-0.2, 0) is 4.79 Å². The minimum absolute atomic E-state index is 0.586. The van der Waals surface area contributed by atoms with E-state index in [-0.39, 0.29) is 0 Å². The molecule has 2 atom stereocenters. The first-order valence-corrected chi connectivity index (χ1v) is 8.97. The zero-order valence-corrected chi connectivity index (χ0v) is 12.9. The third-order valence-corrected chi connectivity index (χ3v) is 7.00. The molecule has 3 heteroatoms. The Morgan fingerprint density at radius 1 is 0.650 bits per heavy atom. The van der Waals surface area contributed by atoms with E-state index in [0.717, 1.165) is 25.2 Å². The molecule has 2 spiro atoms. The molecule has 1 aliphatic carbocycles. The maximum Gasteiger partial charge on any atom is 0.240 e. The van der Waals surface area contributed by atoms with Crippen LogP contribution in [-0.4, -0.2) is 66.1 Å². The highest BCUT2D eigenvalue weighted by atomic mass is 16.1. The van der Waals surface area contributed by atoms with E-state index < -0.39 is 0 Å². The summed E-state index contributed by atoms with van der Waals surface area (Å²) in [6, 6.07) is 1.63. The fourth-order valence-electron chi connectivity index (χ4n) is 6.27. The van der Waals surface area contributed by atoms with E-state index in [2.05, 4.69) is 0 Å². The van der Waals surface area contributed by atoms with E-state index in [4.69, 9.17) is 0 Å². The molecule has 3 nitrogen and oxygen atoms in total. The van der Waals surface area contributed by atoms with Gasteiger partial charge in [0.1, 0.15) is 25.2 Å². The largest absolute Gasteiger partial charge is 0.310 e. The van der Waals surface area contributed by atoms with Crippen molar-refractivity contribution in [3.63, 3.8) is 0 Å². The molecule has 0 aromatic carbocycles. The molecule has 0 N–H and O–H groups in total. The zero-order chi connectivity index (χ0) is 13.6. The summed E-state index contributed by atoms with van der Waals surface area (Å²) in [5, 5.41) is 0. The van der Waals surface area contributed by atoms with Crippen LogP contribution < -0.4 is 0 Å². The fourth-order valence-corrected chi connectivity index (χ4v) is 6.27. The van der Waals surface area contributed by atoms with Crippen LogP contribution in [0.2, 0.25) is 0 Å². The van der Waals surface area contributed by atoms with E-state index in [1.807, 2.05) is 0 Å². The molecule has 0 unspecified atom stereocenters. The number of carbonyl (C=O) groups is 1. The van der Waals surface area contributed by atoms with Crippen LogP contribution in [0.25, 0.3) is 0 Å². The van der Waals surface area contributed by atoms with Gasteiger partial charge in [-0.25, -0.2) is 0 Å². The topological polar surface area (TPSA) is 17.1 Å². The van der Waals surface area contributed by atoms with Gasteiger partial charge in [-0.1, -0.05) is 0 Å². The Kier molecular flexibility index (Phi) is 3.19. The third-order valence-electron chi connectivity index (χ3n) is 7.00. The Morgan fingerprint density at radius 2 is 1.05 bits per heavy atom. The molecule has 0 aromatic heterocycles. The highest BCUT2D eigenvalue weighted by Gasteiger charge is 2.57. The summed E-state index contributed by atoms with van der Waals surface area (Å²) in [4.78, 5) is 12.7. The van der Waals surface area contributed by atoms with Gasteiger partial charge in [-0.05, 0) is 12.8 Å². The van der Waals surface area contributed by atoms with E-state index in [1.165, 1.54) is 86.5 Å². The lowest BCUT2D eigenvalue weighted by molar-refractivity contribution is -0.990. The molecular weight excluding hydrogens is 248 g/mol. The Balaban J connectivity index is 1.74. The highest BCUT2D eigenvalue weighted by Crippen LogP contribution is 2.42. The SMILES string of the molecule is O=C1C[N+]2(CCCC2)[C@@H]2CCCC[C@@H]2[N+]2(CCCC2)C1. The Hall–Kier alpha value is -0.410. The van der Waals surface area contributed by atoms with Crippen LogP contribution in [0.1, 0.15) is 51.4 Å². The van der Waals surface area contributed by atoms with Crippen LogP contribution in [0.4, 0.5) is 0 Å². The predicted octanol–water partition coefficient (Wildman–Crippen LogP) is 2.10. The number of Topliss-reactive ketones (excluding diaryl/α,β-unsaturated/α-hetero) is 1. The standard InChI is InChI=1S/C17H30N2O/c20-15-13-18(9-3-4-10-18)16-7-1-2-8-17(16)19(14-15)11-5-6-12-19/h16-17H,1-14H2/q+2/t16-,17+. The van der Waals surface area contributed by atoms with Gasteiger partial charge >= 0.3 is 0 Å². The predicted molar refractivity (Wildman–Crippen MR) is 79.2 cm³/mol. The average Bonchev–Trinajstić information content (AvgIpc) is 3.07. The summed E-state index contributed by atoms with van der Waals surface area (Å²) in [5.74, 6) is 0.586. The number of ketones is 1. The minimum Gasteiger partial charge on any atom is -0.310 e. The Morgan fingerprint density at radius 3 is 1.45 bits per heavy atom. The lowest BCUT2D eigenvalue weighted by Gasteiger charge is -2.49. The lowest BCUT2D eigenvalue weighted by atomic mass is 9.85. The third kappa shape index (κ3) is 1.89. The van der Waals surface area contributed by atoms with Gasteiger partial charge in [0.15, 0.2) is 0 Å². The maximum atomic E-state index is 12.7. The first-order valence-electron chi connectivity index (χ1n) is 8.97. The normalized spacial score (nSPS) is 39.1. The van der Waals surface area contributed by atoms with Crippen LogP contribution >= 0.6 is 0 Å². The van der Waals surface area contributed by atoms with Crippen molar-refractivity contribution in [3.8, 4) is 0 Å².